The first-order valence-electron chi connectivity index (χ1n) is 22.8. The van der Waals surface area contributed by atoms with Crippen LogP contribution in [0.5, 0.6) is 0 Å². The maximum absolute atomic E-state index is 10.8. The van der Waals surface area contributed by atoms with Gasteiger partial charge in [-0.3, -0.25) is 4.79 Å². The van der Waals surface area contributed by atoms with E-state index in [-0.39, 0.29) is 5.24 Å². The molecule has 0 aromatic heterocycles. The number of rotatable bonds is 35. The number of carbonyl (C=O) groups excluding carboxylic acids is 1. The predicted octanol–water partition coefficient (Wildman–Crippen LogP) is 17.7. The molecular weight excluding hydrogens is 652 g/mol. The van der Waals surface area contributed by atoms with Crippen LogP contribution < -0.4 is 0 Å². The highest BCUT2D eigenvalue weighted by Crippen LogP contribution is 2.35. The maximum atomic E-state index is 10.8. The van der Waals surface area contributed by atoms with Crippen molar-refractivity contribution in [3.05, 3.63) is 60.2 Å². The second-order valence-electron chi connectivity index (χ2n) is 16.4. The summed E-state index contributed by atoms with van der Waals surface area (Å²) in [5, 5.41) is 5.45. The van der Waals surface area contributed by atoms with Crippen molar-refractivity contribution >= 4 is 38.4 Å². The standard InChI is InChI=1S/C50H79ClO/c1-2-3-4-5-6-7-8-9-10-11-14-17-20-23-26-29-35-44(48-40-34-39-47-42-45-37-32-33-38-46(45)43-49(47)48)36-30-27-24-21-18-15-12-13-16-19-22-25-28-31-41-50(51)52/h32-34,37-40,42-44H,2-31,35-36,41H2,1H3. The van der Waals surface area contributed by atoms with E-state index >= 15 is 0 Å². The number of fused-ring (bicyclic) bond motifs is 2. The van der Waals surface area contributed by atoms with E-state index in [9.17, 15) is 4.79 Å². The van der Waals surface area contributed by atoms with Crippen LogP contribution in [0.1, 0.15) is 230 Å². The molecule has 0 saturated carbocycles. The zero-order valence-corrected chi connectivity index (χ0v) is 34.7. The molecule has 0 N–H and O–H groups in total. The molecule has 0 saturated heterocycles. The molecule has 1 atom stereocenters. The maximum Gasteiger partial charge on any atom is 0.221 e. The van der Waals surface area contributed by atoms with Gasteiger partial charge in [0.25, 0.3) is 0 Å². The zero-order chi connectivity index (χ0) is 36.7. The van der Waals surface area contributed by atoms with E-state index < -0.39 is 0 Å². The highest BCUT2D eigenvalue weighted by atomic mass is 35.5. The fraction of sp³-hybridized carbons (Fsp3) is 0.700. The number of benzene rings is 3. The summed E-state index contributed by atoms with van der Waals surface area (Å²) in [5.41, 5.74) is 1.61. The summed E-state index contributed by atoms with van der Waals surface area (Å²) in [4.78, 5) is 10.8. The lowest BCUT2D eigenvalue weighted by Crippen LogP contribution is -2.01. The quantitative estimate of drug-likeness (QED) is 0.0334. The van der Waals surface area contributed by atoms with Gasteiger partial charge >= 0.3 is 0 Å². The second-order valence-corrected chi connectivity index (χ2v) is 16.8. The molecular formula is C50H79ClO. The number of unbranched alkanes of at least 4 members (excludes halogenated alkanes) is 28. The van der Waals surface area contributed by atoms with Gasteiger partial charge in [0, 0.05) is 6.42 Å². The Hall–Kier alpha value is -1.86. The molecule has 3 rings (SSSR count). The molecule has 3 aromatic rings. The van der Waals surface area contributed by atoms with Gasteiger partial charge in [0.05, 0.1) is 0 Å². The third-order valence-corrected chi connectivity index (χ3v) is 12.0. The first-order chi connectivity index (χ1) is 25.7. The fourth-order valence-corrected chi connectivity index (χ4v) is 8.65. The Morgan fingerprint density at radius 2 is 0.808 bits per heavy atom. The number of hydrogen-bond acceptors (Lipinski definition) is 1. The summed E-state index contributed by atoms with van der Waals surface area (Å²) in [6, 6.07) is 20.9. The molecule has 0 aliphatic carbocycles. The smallest absolute Gasteiger partial charge is 0.221 e. The molecule has 3 aromatic carbocycles. The van der Waals surface area contributed by atoms with Gasteiger partial charge in [-0.1, -0.05) is 236 Å². The molecule has 1 unspecified atom stereocenters. The Morgan fingerprint density at radius 1 is 0.442 bits per heavy atom. The van der Waals surface area contributed by atoms with E-state index in [0.717, 1.165) is 12.8 Å². The zero-order valence-electron chi connectivity index (χ0n) is 33.9. The molecule has 0 fully saturated rings. The Balaban J connectivity index is 1.31. The summed E-state index contributed by atoms with van der Waals surface area (Å²) in [6.45, 7) is 2.31. The number of halogens is 1. The van der Waals surface area contributed by atoms with E-state index in [1.54, 1.807) is 5.56 Å². The van der Waals surface area contributed by atoms with Crippen molar-refractivity contribution in [2.75, 3.05) is 0 Å². The van der Waals surface area contributed by atoms with Gasteiger partial charge in [0.2, 0.25) is 5.24 Å². The van der Waals surface area contributed by atoms with E-state index in [4.69, 9.17) is 11.6 Å². The Morgan fingerprint density at radius 3 is 1.23 bits per heavy atom. The van der Waals surface area contributed by atoms with Crippen molar-refractivity contribution in [3.63, 3.8) is 0 Å². The molecule has 0 radical (unpaired) electrons. The lowest BCUT2D eigenvalue weighted by atomic mass is 9.85. The minimum atomic E-state index is -0.181. The molecule has 1 nitrogen and oxygen atoms in total. The van der Waals surface area contributed by atoms with E-state index in [1.807, 2.05) is 0 Å². The Bertz CT molecular complexity index is 1300. The third-order valence-electron chi connectivity index (χ3n) is 11.8. The lowest BCUT2D eigenvalue weighted by Gasteiger charge is -2.20. The van der Waals surface area contributed by atoms with Crippen molar-refractivity contribution in [1.82, 2.24) is 0 Å². The van der Waals surface area contributed by atoms with Gasteiger partial charge in [-0.2, -0.15) is 0 Å². The molecule has 292 valence electrons. The minimum absolute atomic E-state index is 0.181. The topological polar surface area (TPSA) is 17.1 Å². The van der Waals surface area contributed by atoms with Gasteiger partial charge in [0.15, 0.2) is 0 Å². The molecule has 0 bridgehead atoms. The van der Waals surface area contributed by atoms with Crippen LogP contribution in [0.25, 0.3) is 21.5 Å². The summed E-state index contributed by atoms with van der Waals surface area (Å²) < 4.78 is 0. The fourth-order valence-electron chi connectivity index (χ4n) is 8.52. The van der Waals surface area contributed by atoms with E-state index in [1.165, 1.54) is 214 Å². The van der Waals surface area contributed by atoms with Crippen LogP contribution in [-0.2, 0) is 4.79 Å². The van der Waals surface area contributed by atoms with Crippen molar-refractivity contribution in [2.24, 2.45) is 0 Å². The van der Waals surface area contributed by atoms with Gasteiger partial charge in [-0.05, 0) is 76.0 Å². The SMILES string of the molecule is CCCCCCCCCCCCCCCCCCC(CCCCCCCCCCCCCCCCC(=O)Cl)c1cccc2cc3ccccc3cc12. The second kappa shape index (κ2) is 30.5. The monoisotopic (exact) mass is 731 g/mol. The Labute approximate surface area is 326 Å². The van der Waals surface area contributed by atoms with Gasteiger partial charge in [-0.25, -0.2) is 0 Å². The largest absolute Gasteiger partial charge is 0.281 e. The summed E-state index contributed by atoms with van der Waals surface area (Å²) in [5.74, 6) is 0.680. The number of carbonyl (C=O) groups is 1. The van der Waals surface area contributed by atoms with Crippen LogP contribution >= 0.6 is 11.6 Å². The minimum Gasteiger partial charge on any atom is -0.281 e. The lowest BCUT2D eigenvalue weighted by molar-refractivity contribution is -0.111. The summed E-state index contributed by atoms with van der Waals surface area (Å²) >= 11 is 5.42. The normalized spacial score (nSPS) is 12.3. The van der Waals surface area contributed by atoms with Crippen LogP contribution in [0.4, 0.5) is 0 Å². The predicted molar refractivity (Wildman–Crippen MR) is 233 cm³/mol. The molecule has 0 spiro atoms. The van der Waals surface area contributed by atoms with Gasteiger partial charge < -0.3 is 0 Å². The van der Waals surface area contributed by atoms with Crippen LogP contribution in [0.15, 0.2) is 54.6 Å². The summed E-state index contributed by atoms with van der Waals surface area (Å²) in [7, 11) is 0. The van der Waals surface area contributed by atoms with Crippen molar-refractivity contribution < 1.29 is 4.79 Å². The van der Waals surface area contributed by atoms with Crippen LogP contribution in [0, 0.1) is 0 Å². The van der Waals surface area contributed by atoms with Crippen LogP contribution in [-0.4, -0.2) is 5.24 Å². The van der Waals surface area contributed by atoms with Crippen molar-refractivity contribution in [2.45, 2.75) is 225 Å². The molecule has 0 amide bonds. The molecule has 52 heavy (non-hydrogen) atoms. The molecule has 0 aliphatic heterocycles. The third kappa shape index (κ3) is 20.6. The first kappa shape index (κ1) is 44.5. The first-order valence-corrected chi connectivity index (χ1v) is 23.2. The average Bonchev–Trinajstić information content (AvgIpc) is 3.15. The summed E-state index contributed by atoms with van der Waals surface area (Å²) in [6.07, 6.45) is 44.8. The van der Waals surface area contributed by atoms with E-state index in [0.29, 0.717) is 12.3 Å². The van der Waals surface area contributed by atoms with Crippen LogP contribution in [0.2, 0.25) is 0 Å². The van der Waals surface area contributed by atoms with Crippen molar-refractivity contribution in [1.29, 1.82) is 0 Å². The Kier molecular flexibility index (Phi) is 26.1. The van der Waals surface area contributed by atoms with Gasteiger partial charge in [-0.15, -0.1) is 0 Å². The highest BCUT2D eigenvalue weighted by Gasteiger charge is 2.15. The molecule has 0 aliphatic rings. The average molecular weight is 732 g/mol. The highest BCUT2D eigenvalue weighted by molar-refractivity contribution is 6.63. The van der Waals surface area contributed by atoms with Crippen molar-refractivity contribution in [3.8, 4) is 0 Å². The van der Waals surface area contributed by atoms with Crippen LogP contribution in [0.3, 0.4) is 0 Å². The number of hydrogen-bond donors (Lipinski definition) is 0. The van der Waals surface area contributed by atoms with Gasteiger partial charge in [0.1, 0.15) is 0 Å². The molecule has 0 heterocycles. The molecule has 2 heteroatoms. The van der Waals surface area contributed by atoms with E-state index in [2.05, 4.69) is 61.5 Å².